The van der Waals surface area contributed by atoms with Crippen LogP contribution in [0, 0.1) is 0 Å². The van der Waals surface area contributed by atoms with Gasteiger partial charge >= 0.3 is 0 Å². The van der Waals surface area contributed by atoms with Crippen molar-refractivity contribution >= 4 is 48.8 Å². The first-order valence-electron chi connectivity index (χ1n) is 6.01. The maximum absolute atomic E-state index is 5.27. The molecule has 2 aromatic heterocycles. The topological polar surface area (TPSA) is 107 Å². The Labute approximate surface area is 144 Å². The van der Waals surface area contributed by atoms with Crippen LogP contribution in [0.15, 0.2) is 39.9 Å². The van der Waals surface area contributed by atoms with E-state index in [9.17, 15) is 0 Å². The highest BCUT2D eigenvalue weighted by atomic mass is 35.5. The first-order valence-corrected chi connectivity index (χ1v) is 7.00. The lowest BCUT2D eigenvalue weighted by Crippen LogP contribution is -2.21. The molecule has 0 bridgehead atoms. The number of fused-ring (bicyclic) bond motifs is 1. The molecule has 0 radical (unpaired) electrons. The predicted molar refractivity (Wildman–Crippen MR) is 94.1 cm³/mol. The van der Waals surface area contributed by atoms with Gasteiger partial charge in [0.1, 0.15) is 5.69 Å². The summed E-state index contributed by atoms with van der Waals surface area (Å²) in [4.78, 5) is 8.77. The van der Waals surface area contributed by atoms with Crippen molar-refractivity contribution in [3.05, 3.63) is 30.2 Å². The van der Waals surface area contributed by atoms with E-state index in [2.05, 4.69) is 24.7 Å². The van der Waals surface area contributed by atoms with E-state index in [4.69, 9.17) is 11.5 Å². The Morgan fingerprint density at radius 1 is 1.36 bits per heavy atom. The number of aromatic nitrogens is 3. The predicted octanol–water partition coefficient (Wildman–Crippen LogP) is 1.50. The van der Waals surface area contributed by atoms with E-state index >= 15 is 0 Å². The van der Waals surface area contributed by atoms with E-state index in [1.54, 1.807) is 30.4 Å². The maximum atomic E-state index is 5.27. The Kier molecular flexibility index (Phi) is 6.66. The van der Waals surface area contributed by atoms with E-state index in [-0.39, 0.29) is 30.8 Å². The molecular weight excluding hydrogens is 345 g/mol. The van der Waals surface area contributed by atoms with Crippen LogP contribution in [-0.4, -0.2) is 32.5 Å². The monoisotopic (exact) mass is 359 g/mol. The van der Waals surface area contributed by atoms with Gasteiger partial charge in [0.15, 0.2) is 5.16 Å². The molecule has 0 saturated carbocycles. The van der Waals surface area contributed by atoms with Crippen LogP contribution >= 0.6 is 36.6 Å². The van der Waals surface area contributed by atoms with Gasteiger partial charge in [-0.25, -0.2) is 4.98 Å². The van der Waals surface area contributed by atoms with Gasteiger partial charge in [0, 0.05) is 30.3 Å². The smallest absolute Gasteiger partial charge is 0.211 e. The number of guanidine groups is 1. The van der Waals surface area contributed by atoms with Gasteiger partial charge in [0.05, 0.1) is 11.9 Å². The third-order valence-electron chi connectivity index (χ3n) is 2.81. The molecule has 1 aliphatic rings. The summed E-state index contributed by atoms with van der Waals surface area (Å²) in [6.07, 6.45) is 5.14. The van der Waals surface area contributed by atoms with Gasteiger partial charge in [-0.15, -0.1) is 29.9 Å². The van der Waals surface area contributed by atoms with Crippen LogP contribution in [-0.2, 0) is 6.54 Å². The maximum Gasteiger partial charge on any atom is 0.211 e. The SMILES string of the molecule is Cl.Cl.NC(N)=N/N=C/c1c(-c2cccnc2)nc2n1CCS2. The Hall–Kier alpha value is -1.77. The molecule has 4 N–H and O–H groups in total. The molecule has 0 aromatic carbocycles. The van der Waals surface area contributed by atoms with Gasteiger partial charge in [-0.2, -0.15) is 5.10 Å². The summed E-state index contributed by atoms with van der Waals surface area (Å²) in [5, 5.41) is 8.52. The van der Waals surface area contributed by atoms with Gasteiger partial charge in [-0.1, -0.05) is 11.8 Å². The van der Waals surface area contributed by atoms with Crippen LogP contribution in [0.3, 0.4) is 0 Å². The highest BCUT2D eigenvalue weighted by Crippen LogP contribution is 2.31. The molecule has 0 unspecified atom stereocenters. The number of halogens is 2. The summed E-state index contributed by atoms with van der Waals surface area (Å²) in [5.74, 6) is 0.943. The lowest BCUT2D eigenvalue weighted by molar-refractivity contribution is 0.715. The second-order valence-electron chi connectivity index (χ2n) is 4.14. The summed E-state index contributed by atoms with van der Waals surface area (Å²) in [7, 11) is 0. The van der Waals surface area contributed by atoms with Crippen molar-refractivity contribution in [3.63, 3.8) is 0 Å². The summed E-state index contributed by atoms with van der Waals surface area (Å²) in [6.45, 7) is 0.899. The molecule has 0 amide bonds. The number of nitrogens with two attached hydrogens (primary N) is 2. The molecular formula is C12H15Cl2N7S. The fourth-order valence-electron chi connectivity index (χ4n) is 1.99. The molecule has 10 heteroatoms. The number of hydrogen-bond acceptors (Lipinski definition) is 5. The minimum atomic E-state index is -0.0697. The van der Waals surface area contributed by atoms with Crippen molar-refractivity contribution in [2.45, 2.75) is 11.7 Å². The molecule has 22 heavy (non-hydrogen) atoms. The van der Waals surface area contributed by atoms with Crippen molar-refractivity contribution in [2.24, 2.45) is 21.7 Å². The van der Waals surface area contributed by atoms with Crippen LogP contribution in [0.4, 0.5) is 0 Å². The summed E-state index contributed by atoms with van der Waals surface area (Å²) in [5.41, 5.74) is 13.2. The highest BCUT2D eigenvalue weighted by molar-refractivity contribution is 7.99. The van der Waals surface area contributed by atoms with E-state index in [1.807, 2.05) is 12.1 Å². The molecule has 0 saturated heterocycles. The number of thioether (sulfide) groups is 1. The second-order valence-corrected chi connectivity index (χ2v) is 5.20. The molecule has 2 aromatic rings. The van der Waals surface area contributed by atoms with Gasteiger partial charge < -0.3 is 16.0 Å². The molecule has 7 nitrogen and oxygen atoms in total. The van der Waals surface area contributed by atoms with Crippen LogP contribution in [0.2, 0.25) is 0 Å². The second kappa shape index (κ2) is 8.02. The van der Waals surface area contributed by atoms with Crippen LogP contribution in [0.1, 0.15) is 5.69 Å². The number of nitrogens with zero attached hydrogens (tertiary/aromatic N) is 5. The molecule has 3 heterocycles. The molecule has 3 rings (SSSR count). The fourth-order valence-corrected chi connectivity index (χ4v) is 2.95. The van der Waals surface area contributed by atoms with Crippen molar-refractivity contribution in [3.8, 4) is 11.3 Å². The molecule has 0 fully saturated rings. The average Bonchev–Trinajstić information content (AvgIpc) is 3.01. The lowest BCUT2D eigenvalue weighted by Gasteiger charge is -2.01. The standard InChI is InChI=1S/C12H13N7S.2ClH/c13-11(14)18-16-7-9-10(8-2-1-3-15-6-8)17-12-19(9)4-5-20-12;;/h1-3,6-7H,4-5H2,(H4,13,14,18);2*1H/b16-7+;;. The van der Waals surface area contributed by atoms with Crippen LogP contribution in [0.5, 0.6) is 0 Å². The van der Waals surface area contributed by atoms with Crippen molar-refractivity contribution in [1.82, 2.24) is 14.5 Å². The van der Waals surface area contributed by atoms with Gasteiger partial charge in [-0.3, -0.25) is 4.98 Å². The number of rotatable bonds is 3. The minimum absolute atomic E-state index is 0. The Balaban J connectivity index is 0.00000121. The third-order valence-corrected chi connectivity index (χ3v) is 3.76. The first kappa shape index (κ1) is 18.3. The zero-order valence-corrected chi connectivity index (χ0v) is 13.9. The van der Waals surface area contributed by atoms with E-state index in [0.29, 0.717) is 0 Å². The Morgan fingerprint density at radius 2 is 2.18 bits per heavy atom. The van der Waals surface area contributed by atoms with Crippen molar-refractivity contribution in [2.75, 3.05) is 5.75 Å². The molecule has 0 spiro atoms. The summed E-state index contributed by atoms with van der Waals surface area (Å²) < 4.78 is 2.11. The van der Waals surface area contributed by atoms with E-state index in [0.717, 1.165) is 34.4 Å². The summed E-state index contributed by atoms with van der Waals surface area (Å²) in [6, 6.07) is 3.84. The van der Waals surface area contributed by atoms with Gasteiger partial charge in [0.2, 0.25) is 5.96 Å². The molecule has 0 aliphatic carbocycles. The Morgan fingerprint density at radius 3 is 2.86 bits per heavy atom. The summed E-state index contributed by atoms with van der Waals surface area (Å²) >= 11 is 1.72. The largest absolute Gasteiger partial charge is 0.369 e. The van der Waals surface area contributed by atoms with Crippen LogP contribution < -0.4 is 11.5 Å². The van der Waals surface area contributed by atoms with Crippen molar-refractivity contribution < 1.29 is 0 Å². The van der Waals surface area contributed by atoms with Gasteiger partial charge in [-0.05, 0) is 12.1 Å². The number of pyridine rings is 1. The molecule has 118 valence electrons. The average molecular weight is 360 g/mol. The highest BCUT2D eigenvalue weighted by Gasteiger charge is 2.21. The first-order chi connectivity index (χ1) is 9.75. The zero-order valence-electron chi connectivity index (χ0n) is 11.4. The molecule has 1 aliphatic heterocycles. The third kappa shape index (κ3) is 3.70. The number of hydrogen-bond donors (Lipinski definition) is 2. The quantitative estimate of drug-likeness (QED) is 0.490. The minimum Gasteiger partial charge on any atom is -0.369 e. The Bertz CT molecular complexity index is 680. The van der Waals surface area contributed by atoms with E-state index < -0.39 is 0 Å². The fraction of sp³-hybridized carbons (Fsp3) is 0.167. The van der Waals surface area contributed by atoms with Crippen molar-refractivity contribution in [1.29, 1.82) is 0 Å². The number of imidazole rings is 1. The normalized spacial score (nSPS) is 12.4. The van der Waals surface area contributed by atoms with E-state index in [1.165, 1.54) is 0 Å². The zero-order chi connectivity index (χ0) is 13.9. The van der Waals surface area contributed by atoms with Crippen LogP contribution in [0.25, 0.3) is 11.3 Å². The van der Waals surface area contributed by atoms with Gasteiger partial charge in [0.25, 0.3) is 0 Å². The molecule has 0 atom stereocenters. The lowest BCUT2D eigenvalue weighted by atomic mass is 10.2.